The van der Waals surface area contributed by atoms with Gasteiger partial charge in [-0.05, 0) is 43.9 Å². The van der Waals surface area contributed by atoms with Crippen LogP contribution in [0.15, 0.2) is 23.1 Å². The van der Waals surface area contributed by atoms with E-state index in [1.165, 1.54) is 18.2 Å². The van der Waals surface area contributed by atoms with Crippen LogP contribution in [0, 0.1) is 5.82 Å². The van der Waals surface area contributed by atoms with E-state index in [-0.39, 0.29) is 11.4 Å². The van der Waals surface area contributed by atoms with Crippen LogP contribution in [0.3, 0.4) is 0 Å². The average molecular weight is 271 g/mol. The fraction of sp³-hybridized carbons (Fsp3) is 0.538. The number of nitrogens with two attached hydrogens (primary N) is 1. The smallest absolute Gasteiger partial charge is 0.124 e. The monoisotopic (exact) mass is 271 g/mol. The lowest BCUT2D eigenvalue weighted by molar-refractivity contribution is 0.0725. The summed E-state index contributed by atoms with van der Waals surface area (Å²) in [6, 6.07) is 4.04. The highest BCUT2D eigenvalue weighted by Crippen LogP contribution is 2.29. The number of benzene rings is 1. The fourth-order valence-corrected chi connectivity index (χ4v) is 4.03. The Morgan fingerprint density at radius 1 is 1.44 bits per heavy atom. The van der Waals surface area contributed by atoms with Crippen molar-refractivity contribution in [3.63, 3.8) is 0 Å². The van der Waals surface area contributed by atoms with Gasteiger partial charge in [0, 0.05) is 18.0 Å². The SMILES string of the molecule is COC1CCCC(S(=O)c2cc(F)ccc2N)C1. The summed E-state index contributed by atoms with van der Waals surface area (Å²) in [7, 11) is 0.414. The van der Waals surface area contributed by atoms with Crippen LogP contribution in [-0.4, -0.2) is 22.7 Å². The molecule has 1 aromatic carbocycles. The molecule has 3 atom stereocenters. The number of hydrogen-bond donors (Lipinski definition) is 1. The lowest BCUT2D eigenvalue weighted by Gasteiger charge is -2.27. The zero-order valence-corrected chi connectivity index (χ0v) is 11.2. The maximum absolute atomic E-state index is 13.2. The third-order valence-electron chi connectivity index (χ3n) is 3.41. The van der Waals surface area contributed by atoms with E-state index in [1.807, 2.05) is 0 Å². The maximum atomic E-state index is 13.2. The van der Waals surface area contributed by atoms with Crippen LogP contribution >= 0.6 is 0 Å². The summed E-state index contributed by atoms with van der Waals surface area (Å²) in [5, 5.41) is 0.00722. The van der Waals surface area contributed by atoms with E-state index in [1.54, 1.807) is 7.11 Å². The molecule has 0 aliphatic heterocycles. The van der Waals surface area contributed by atoms with E-state index in [0.29, 0.717) is 10.6 Å². The van der Waals surface area contributed by atoms with Gasteiger partial charge in [-0.15, -0.1) is 0 Å². The maximum Gasteiger partial charge on any atom is 0.124 e. The predicted octanol–water partition coefficient (Wildman–Crippen LogP) is 2.47. The van der Waals surface area contributed by atoms with E-state index >= 15 is 0 Å². The van der Waals surface area contributed by atoms with Crippen molar-refractivity contribution < 1.29 is 13.3 Å². The van der Waals surface area contributed by atoms with E-state index in [0.717, 1.165) is 25.7 Å². The largest absolute Gasteiger partial charge is 0.398 e. The molecule has 2 rings (SSSR count). The molecule has 0 saturated heterocycles. The first-order valence-corrected chi connectivity index (χ1v) is 7.31. The van der Waals surface area contributed by atoms with Crippen molar-refractivity contribution in [2.24, 2.45) is 0 Å². The number of anilines is 1. The Bertz CT molecular complexity index is 453. The van der Waals surface area contributed by atoms with Gasteiger partial charge in [0.25, 0.3) is 0 Å². The second-order valence-corrected chi connectivity index (χ2v) is 6.33. The molecule has 0 bridgehead atoms. The van der Waals surface area contributed by atoms with E-state index in [2.05, 4.69) is 0 Å². The van der Waals surface area contributed by atoms with Gasteiger partial charge in [-0.1, -0.05) is 0 Å². The second kappa shape index (κ2) is 5.80. The minimum absolute atomic E-state index is 0.00722. The van der Waals surface area contributed by atoms with E-state index in [9.17, 15) is 8.60 Å². The van der Waals surface area contributed by atoms with Gasteiger partial charge >= 0.3 is 0 Å². The van der Waals surface area contributed by atoms with Crippen LogP contribution in [0.2, 0.25) is 0 Å². The Labute approximate surface area is 109 Å². The Balaban J connectivity index is 2.17. The summed E-state index contributed by atoms with van der Waals surface area (Å²) in [6.45, 7) is 0. The lowest BCUT2D eigenvalue weighted by atomic mass is 9.97. The molecule has 3 nitrogen and oxygen atoms in total. The van der Waals surface area contributed by atoms with Gasteiger partial charge in [0.1, 0.15) is 5.82 Å². The van der Waals surface area contributed by atoms with E-state index < -0.39 is 16.6 Å². The zero-order valence-electron chi connectivity index (χ0n) is 10.4. The normalized spacial score (nSPS) is 25.9. The average Bonchev–Trinajstić information content (AvgIpc) is 2.41. The van der Waals surface area contributed by atoms with Crippen molar-refractivity contribution in [1.82, 2.24) is 0 Å². The van der Waals surface area contributed by atoms with Gasteiger partial charge in [0.2, 0.25) is 0 Å². The minimum atomic E-state index is -1.26. The molecule has 100 valence electrons. The molecular formula is C13H18FNO2S. The van der Waals surface area contributed by atoms with Crippen LogP contribution in [0.5, 0.6) is 0 Å². The second-order valence-electron chi connectivity index (χ2n) is 4.63. The predicted molar refractivity (Wildman–Crippen MR) is 70.3 cm³/mol. The number of ether oxygens (including phenoxy) is 1. The molecule has 0 spiro atoms. The molecule has 1 aliphatic carbocycles. The van der Waals surface area contributed by atoms with Crippen molar-refractivity contribution in [3.05, 3.63) is 24.0 Å². The van der Waals surface area contributed by atoms with Crippen LogP contribution in [0.25, 0.3) is 0 Å². The summed E-state index contributed by atoms with van der Waals surface area (Å²) in [6.07, 6.45) is 3.77. The van der Waals surface area contributed by atoms with Gasteiger partial charge < -0.3 is 10.5 Å². The Morgan fingerprint density at radius 3 is 2.94 bits per heavy atom. The Hall–Kier alpha value is -0.940. The first-order chi connectivity index (χ1) is 8.61. The molecule has 0 radical (unpaired) electrons. The Morgan fingerprint density at radius 2 is 2.22 bits per heavy atom. The molecule has 5 heteroatoms. The van der Waals surface area contributed by atoms with Crippen LogP contribution in [-0.2, 0) is 15.5 Å². The number of nitrogen functional groups attached to an aromatic ring is 1. The number of methoxy groups -OCH3 is 1. The summed E-state index contributed by atoms with van der Waals surface area (Å²) < 4.78 is 31.0. The molecule has 18 heavy (non-hydrogen) atoms. The first kappa shape index (κ1) is 13.5. The van der Waals surface area contributed by atoms with Crippen molar-refractivity contribution in [3.8, 4) is 0 Å². The highest BCUT2D eigenvalue weighted by Gasteiger charge is 2.28. The molecule has 0 heterocycles. The standard InChI is InChI=1S/C13H18FNO2S/c1-17-10-3-2-4-11(8-10)18(16)13-7-9(14)5-6-12(13)15/h5-7,10-11H,2-4,8,15H2,1H3. The first-order valence-electron chi connectivity index (χ1n) is 6.10. The summed E-state index contributed by atoms with van der Waals surface area (Å²) in [5.74, 6) is -0.397. The van der Waals surface area contributed by atoms with E-state index in [4.69, 9.17) is 10.5 Å². The molecule has 1 aliphatic rings. The van der Waals surface area contributed by atoms with Crippen LogP contribution in [0.1, 0.15) is 25.7 Å². The Kier molecular flexibility index (Phi) is 4.35. The molecule has 1 aromatic rings. The summed E-state index contributed by atoms with van der Waals surface area (Å²) in [5.41, 5.74) is 6.17. The fourth-order valence-electron chi connectivity index (χ4n) is 2.37. The van der Waals surface area contributed by atoms with Crippen molar-refractivity contribution >= 4 is 16.5 Å². The molecular weight excluding hydrogens is 253 g/mol. The highest BCUT2D eigenvalue weighted by atomic mass is 32.2. The van der Waals surface area contributed by atoms with Gasteiger partial charge in [-0.25, -0.2) is 4.39 Å². The molecule has 1 saturated carbocycles. The lowest BCUT2D eigenvalue weighted by Crippen LogP contribution is -2.29. The van der Waals surface area contributed by atoms with Crippen molar-refractivity contribution in [2.75, 3.05) is 12.8 Å². The molecule has 1 fully saturated rings. The zero-order chi connectivity index (χ0) is 13.1. The quantitative estimate of drug-likeness (QED) is 0.859. The van der Waals surface area contributed by atoms with Gasteiger partial charge in [-0.2, -0.15) is 0 Å². The number of halogens is 1. The molecule has 2 N–H and O–H groups in total. The molecule has 3 unspecified atom stereocenters. The van der Waals surface area contributed by atoms with Gasteiger partial charge in [0.15, 0.2) is 0 Å². The number of hydrogen-bond acceptors (Lipinski definition) is 3. The van der Waals surface area contributed by atoms with Crippen LogP contribution < -0.4 is 5.73 Å². The minimum Gasteiger partial charge on any atom is -0.398 e. The van der Waals surface area contributed by atoms with Crippen molar-refractivity contribution in [1.29, 1.82) is 0 Å². The van der Waals surface area contributed by atoms with Crippen molar-refractivity contribution in [2.45, 2.75) is 41.9 Å². The van der Waals surface area contributed by atoms with Crippen LogP contribution in [0.4, 0.5) is 10.1 Å². The van der Waals surface area contributed by atoms with Gasteiger partial charge in [-0.3, -0.25) is 4.21 Å². The van der Waals surface area contributed by atoms with Gasteiger partial charge in [0.05, 0.1) is 21.8 Å². The highest BCUT2D eigenvalue weighted by molar-refractivity contribution is 7.85. The molecule has 0 amide bonds. The topological polar surface area (TPSA) is 52.3 Å². The number of rotatable bonds is 3. The summed E-state index contributed by atoms with van der Waals surface area (Å²) >= 11 is 0. The third kappa shape index (κ3) is 2.90. The third-order valence-corrected chi connectivity index (χ3v) is 5.23. The molecule has 0 aromatic heterocycles. The summed E-state index contributed by atoms with van der Waals surface area (Å²) in [4.78, 5) is 0.414.